The quantitative estimate of drug-likeness (QED) is 0.717. The van der Waals surface area contributed by atoms with E-state index in [0.29, 0.717) is 17.2 Å². The summed E-state index contributed by atoms with van der Waals surface area (Å²) >= 11 is 0. The van der Waals surface area contributed by atoms with Gasteiger partial charge in [0, 0.05) is 11.6 Å². The Morgan fingerprint density at radius 2 is 2.00 bits per heavy atom. The number of aromatic nitrogens is 2. The van der Waals surface area contributed by atoms with Gasteiger partial charge in [-0.3, -0.25) is 0 Å². The molecule has 0 bridgehead atoms. The van der Waals surface area contributed by atoms with E-state index in [1.807, 2.05) is 0 Å². The molecule has 3 rings (SSSR count). The summed E-state index contributed by atoms with van der Waals surface area (Å²) in [4.78, 5) is 0. The summed E-state index contributed by atoms with van der Waals surface area (Å²) in [6.45, 7) is 0. The molecule has 5 heteroatoms. The number of hydrogen-bond acceptors (Lipinski definition) is 4. The fourth-order valence-corrected chi connectivity index (χ4v) is 1.58. The molecule has 3 aromatic rings. The van der Waals surface area contributed by atoms with Crippen LogP contribution in [-0.2, 0) is 0 Å². The molecule has 0 saturated heterocycles. The van der Waals surface area contributed by atoms with Crippen LogP contribution in [0.25, 0.3) is 23.6 Å². The number of hydrogen-bond donors (Lipinski definition) is 0. The molecule has 0 spiro atoms. The Kier molecular flexibility index (Phi) is 2.94. The van der Waals surface area contributed by atoms with E-state index in [1.165, 1.54) is 12.1 Å². The Morgan fingerprint density at radius 3 is 2.79 bits per heavy atom. The van der Waals surface area contributed by atoms with Crippen molar-refractivity contribution in [2.24, 2.45) is 0 Å². The Balaban J connectivity index is 1.83. The molecule has 0 radical (unpaired) electrons. The predicted octanol–water partition coefficient (Wildman–Crippen LogP) is 3.64. The summed E-state index contributed by atoms with van der Waals surface area (Å²) in [6.07, 6.45) is 4.92. The van der Waals surface area contributed by atoms with Crippen LogP contribution >= 0.6 is 0 Å². The lowest BCUT2D eigenvalue weighted by atomic mass is 10.2. The SMILES string of the molecule is Fc1cccc(-c2nnc(/C=C/c3ccco3)o2)c1. The Morgan fingerprint density at radius 1 is 1.05 bits per heavy atom. The van der Waals surface area contributed by atoms with Crippen LogP contribution in [0.15, 0.2) is 51.5 Å². The first-order valence-electron chi connectivity index (χ1n) is 5.62. The maximum atomic E-state index is 13.1. The van der Waals surface area contributed by atoms with Crippen molar-refractivity contribution in [2.45, 2.75) is 0 Å². The molecular weight excluding hydrogens is 247 g/mol. The van der Waals surface area contributed by atoms with Gasteiger partial charge in [0.2, 0.25) is 11.8 Å². The van der Waals surface area contributed by atoms with Crippen LogP contribution in [0.3, 0.4) is 0 Å². The average molecular weight is 256 g/mol. The van der Waals surface area contributed by atoms with Gasteiger partial charge in [-0.15, -0.1) is 10.2 Å². The highest BCUT2D eigenvalue weighted by atomic mass is 19.1. The standard InChI is InChI=1S/C14H9FN2O2/c15-11-4-1-3-10(9-11)14-17-16-13(19-14)7-6-12-5-2-8-18-12/h1-9H/b7-6+. The van der Waals surface area contributed by atoms with Gasteiger partial charge in [-0.2, -0.15) is 0 Å². The van der Waals surface area contributed by atoms with Crippen LogP contribution in [0.1, 0.15) is 11.7 Å². The second kappa shape index (κ2) is 4.89. The summed E-state index contributed by atoms with van der Waals surface area (Å²) in [5, 5.41) is 7.72. The fraction of sp³-hybridized carbons (Fsp3) is 0. The van der Waals surface area contributed by atoms with Crippen molar-refractivity contribution in [1.82, 2.24) is 10.2 Å². The van der Waals surface area contributed by atoms with Crippen LogP contribution in [0.4, 0.5) is 4.39 Å². The minimum absolute atomic E-state index is 0.276. The van der Waals surface area contributed by atoms with Crippen molar-refractivity contribution in [2.75, 3.05) is 0 Å². The maximum absolute atomic E-state index is 13.1. The molecule has 0 atom stereocenters. The Labute approximate surface area is 108 Å². The maximum Gasteiger partial charge on any atom is 0.248 e. The number of nitrogens with zero attached hydrogens (tertiary/aromatic N) is 2. The third kappa shape index (κ3) is 2.60. The molecule has 0 aliphatic rings. The number of benzene rings is 1. The monoisotopic (exact) mass is 256 g/mol. The largest absolute Gasteiger partial charge is 0.465 e. The average Bonchev–Trinajstić information content (AvgIpc) is 3.08. The van der Waals surface area contributed by atoms with E-state index in [-0.39, 0.29) is 11.7 Å². The molecule has 2 aromatic heterocycles. The van der Waals surface area contributed by atoms with E-state index >= 15 is 0 Å². The summed E-state index contributed by atoms with van der Waals surface area (Å²) in [7, 11) is 0. The lowest BCUT2D eigenvalue weighted by Gasteiger charge is -1.93. The zero-order valence-electron chi connectivity index (χ0n) is 9.79. The third-order valence-corrected chi connectivity index (χ3v) is 2.45. The summed E-state index contributed by atoms with van der Waals surface area (Å²) in [5.74, 6) is 0.947. The fourth-order valence-electron chi connectivity index (χ4n) is 1.58. The highest BCUT2D eigenvalue weighted by Gasteiger charge is 2.07. The van der Waals surface area contributed by atoms with Gasteiger partial charge >= 0.3 is 0 Å². The smallest absolute Gasteiger partial charge is 0.248 e. The van der Waals surface area contributed by atoms with Gasteiger partial charge in [0.25, 0.3) is 0 Å². The van der Waals surface area contributed by atoms with Gasteiger partial charge in [0.15, 0.2) is 0 Å². The van der Waals surface area contributed by atoms with E-state index in [0.717, 1.165) is 0 Å². The molecule has 2 heterocycles. The normalized spacial score (nSPS) is 11.2. The first-order chi connectivity index (χ1) is 9.31. The molecule has 0 amide bonds. The van der Waals surface area contributed by atoms with Crippen molar-refractivity contribution in [3.8, 4) is 11.5 Å². The first kappa shape index (κ1) is 11.4. The van der Waals surface area contributed by atoms with Crippen molar-refractivity contribution < 1.29 is 13.2 Å². The number of furan rings is 1. The second-order valence-corrected chi connectivity index (χ2v) is 3.80. The molecule has 19 heavy (non-hydrogen) atoms. The zero-order valence-corrected chi connectivity index (χ0v) is 9.79. The molecule has 0 aliphatic heterocycles. The van der Waals surface area contributed by atoms with E-state index < -0.39 is 0 Å². The number of halogens is 1. The lowest BCUT2D eigenvalue weighted by molar-refractivity contribution is 0.552. The second-order valence-electron chi connectivity index (χ2n) is 3.80. The van der Waals surface area contributed by atoms with E-state index in [2.05, 4.69) is 10.2 Å². The Bertz CT molecular complexity index is 702. The minimum atomic E-state index is -0.344. The Hall–Kier alpha value is -2.69. The van der Waals surface area contributed by atoms with Gasteiger partial charge in [0.1, 0.15) is 11.6 Å². The minimum Gasteiger partial charge on any atom is -0.465 e. The van der Waals surface area contributed by atoms with Gasteiger partial charge in [-0.25, -0.2) is 4.39 Å². The van der Waals surface area contributed by atoms with Crippen LogP contribution in [0.2, 0.25) is 0 Å². The molecular formula is C14H9FN2O2. The molecule has 1 aromatic carbocycles. The third-order valence-electron chi connectivity index (χ3n) is 2.45. The van der Waals surface area contributed by atoms with Gasteiger partial charge in [-0.05, 0) is 36.4 Å². The molecule has 0 N–H and O–H groups in total. The molecule has 0 unspecified atom stereocenters. The van der Waals surface area contributed by atoms with Gasteiger partial charge < -0.3 is 8.83 Å². The van der Waals surface area contributed by atoms with Crippen molar-refractivity contribution in [3.05, 3.63) is 60.1 Å². The van der Waals surface area contributed by atoms with Crippen molar-refractivity contribution >= 4 is 12.2 Å². The molecule has 0 fully saturated rings. The van der Waals surface area contributed by atoms with Crippen LogP contribution < -0.4 is 0 Å². The van der Waals surface area contributed by atoms with Crippen LogP contribution in [-0.4, -0.2) is 10.2 Å². The van der Waals surface area contributed by atoms with Crippen molar-refractivity contribution in [3.63, 3.8) is 0 Å². The number of rotatable bonds is 3. The first-order valence-corrected chi connectivity index (χ1v) is 5.62. The van der Waals surface area contributed by atoms with Gasteiger partial charge in [-0.1, -0.05) is 6.07 Å². The summed E-state index contributed by atoms with van der Waals surface area (Å²) in [5.41, 5.74) is 0.546. The summed E-state index contributed by atoms with van der Waals surface area (Å²) in [6, 6.07) is 9.58. The zero-order chi connectivity index (χ0) is 13.1. The predicted molar refractivity (Wildman–Crippen MR) is 67.3 cm³/mol. The summed E-state index contributed by atoms with van der Waals surface area (Å²) < 4.78 is 23.6. The van der Waals surface area contributed by atoms with Crippen LogP contribution in [0, 0.1) is 5.82 Å². The van der Waals surface area contributed by atoms with Gasteiger partial charge in [0.05, 0.1) is 6.26 Å². The highest BCUT2D eigenvalue weighted by Crippen LogP contribution is 2.19. The van der Waals surface area contributed by atoms with Crippen LogP contribution in [0.5, 0.6) is 0 Å². The molecule has 94 valence electrons. The molecule has 0 aliphatic carbocycles. The van der Waals surface area contributed by atoms with E-state index in [4.69, 9.17) is 8.83 Å². The molecule has 4 nitrogen and oxygen atoms in total. The van der Waals surface area contributed by atoms with Crippen molar-refractivity contribution in [1.29, 1.82) is 0 Å². The molecule has 0 saturated carbocycles. The highest BCUT2D eigenvalue weighted by molar-refractivity contribution is 5.63. The van der Waals surface area contributed by atoms with E-state index in [1.54, 1.807) is 42.7 Å². The topological polar surface area (TPSA) is 52.1 Å². The van der Waals surface area contributed by atoms with E-state index in [9.17, 15) is 4.39 Å². The lowest BCUT2D eigenvalue weighted by Crippen LogP contribution is -1.79.